The molecule has 6 nitrogen and oxygen atoms in total. The van der Waals surface area contributed by atoms with E-state index < -0.39 is 0 Å². The summed E-state index contributed by atoms with van der Waals surface area (Å²) in [6.07, 6.45) is 0. The second kappa shape index (κ2) is 9.38. The normalized spacial score (nSPS) is 9.86. The molecule has 0 saturated carbocycles. The Hall–Kier alpha value is -1.66. The Labute approximate surface area is 141 Å². The van der Waals surface area contributed by atoms with Crippen LogP contribution in [0.25, 0.3) is 0 Å². The minimum atomic E-state index is -0.340. The molecule has 0 spiro atoms. The number of halogens is 2. The lowest BCUT2D eigenvalue weighted by molar-refractivity contribution is -0.123. The first-order valence-corrected chi connectivity index (χ1v) is 6.93. The number of nitrogens with two attached hydrogens (primary N) is 1. The van der Waals surface area contributed by atoms with Crippen LogP contribution in [0.5, 0.6) is 5.75 Å². The van der Waals surface area contributed by atoms with Crippen LogP contribution in [0.1, 0.15) is 24.2 Å². The van der Waals surface area contributed by atoms with E-state index in [4.69, 9.17) is 22.1 Å². The molecule has 0 aromatic heterocycles. The van der Waals surface area contributed by atoms with Crippen molar-refractivity contribution in [1.29, 1.82) is 0 Å². The standard InChI is InChI=1S/C14H20ClN3O3.ClH/c1-8(2)13(19)17-4-5-18-14(20)9-6-10(15)11(16)7-12(9)21-3;/h6-8H,4-5,16H2,1-3H3,(H,17,19)(H,18,20);1H. The molecule has 1 aromatic rings. The van der Waals surface area contributed by atoms with E-state index in [0.29, 0.717) is 30.1 Å². The smallest absolute Gasteiger partial charge is 0.255 e. The van der Waals surface area contributed by atoms with Crippen LogP contribution in [-0.2, 0) is 4.79 Å². The molecule has 22 heavy (non-hydrogen) atoms. The molecule has 1 rings (SSSR count). The van der Waals surface area contributed by atoms with Gasteiger partial charge >= 0.3 is 0 Å². The van der Waals surface area contributed by atoms with Gasteiger partial charge in [-0.25, -0.2) is 0 Å². The average Bonchev–Trinajstić information content (AvgIpc) is 2.45. The molecule has 8 heteroatoms. The van der Waals surface area contributed by atoms with Gasteiger partial charge in [0.1, 0.15) is 5.75 Å². The van der Waals surface area contributed by atoms with E-state index in [1.54, 1.807) is 13.8 Å². The number of hydrogen-bond donors (Lipinski definition) is 3. The van der Waals surface area contributed by atoms with E-state index in [-0.39, 0.29) is 35.2 Å². The molecule has 2 amide bonds. The molecule has 0 saturated heterocycles. The van der Waals surface area contributed by atoms with Gasteiger partial charge in [0.05, 0.1) is 23.4 Å². The number of amides is 2. The van der Waals surface area contributed by atoms with Crippen molar-refractivity contribution >= 4 is 41.5 Å². The average molecular weight is 350 g/mol. The van der Waals surface area contributed by atoms with Crippen LogP contribution in [0.2, 0.25) is 5.02 Å². The van der Waals surface area contributed by atoms with Crippen LogP contribution in [0.15, 0.2) is 12.1 Å². The van der Waals surface area contributed by atoms with Crippen LogP contribution in [-0.4, -0.2) is 32.0 Å². The van der Waals surface area contributed by atoms with Gasteiger partial charge < -0.3 is 21.1 Å². The van der Waals surface area contributed by atoms with E-state index in [9.17, 15) is 9.59 Å². The first kappa shape index (κ1) is 20.3. The zero-order valence-electron chi connectivity index (χ0n) is 12.7. The van der Waals surface area contributed by atoms with Gasteiger partial charge in [0.25, 0.3) is 5.91 Å². The van der Waals surface area contributed by atoms with Gasteiger partial charge in [0, 0.05) is 25.1 Å². The quantitative estimate of drug-likeness (QED) is 0.539. The lowest BCUT2D eigenvalue weighted by Gasteiger charge is -2.12. The Morgan fingerprint density at radius 3 is 2.41 bits per heavy atom. The highest BCUT2D eigenvalue weighted by atomic mass is 35.5. The molecule has 0 heterocycles. The minimum Gasteiger partial charge on any atom is -0.496 e. The third kappa shape index (κ3) is 5.61. The summed E-state index contributed by atoms with van der Waals surface area (Å²) in [5.41, 5.74) is 6.30. The molecule has 0 atom stereocenters. The summed E-state index contributed by atoms with van der Waals surface area (Å²) in [5, 5.41) is 5.67. The van der Waals surface area contributed by atoms with Crippen molar-refractivity contribution < 1.29 is 14.3 Å². The second-order valence-corrected chi connectivity index (χ2v) is 5.18. The zero-order valence-corrected chi connectivity index (χ0v) is 14.3. The van der Waals surface area contributed by atoms with E-state index in [2.05, 4.69) is 10.6 Å². The predicted molar refractivity (Wildman–Crippen MR) is 89.8 cm³/mol. The first-order chi connectivity index (χ1) is 9.86. The first-order valence-electron chi connectivity index (χ1n) is 6.55. The molecule has 0 aliphatic carbocycles. The fourth-order valence-electron chi connectivity index (χ4n) is 1.58. The van der Waals surface area contributed by atoms with E-state index >= 15 is 0 Å². The highest BCUT2D eigenvalue weighted by Gasteiger charge is 2.14. The summed E-state index contributed by atoms with van der Waals surface area (Å²) in [6, 6.07) is 2.95. The minimum absolute atomic E-state index is 0. The Balaban J connectivity index is 0.00000441. The largest absolute Gasteiger partial charge is 0.496 e. The maximum Gasteiger partial charge on any atom is 0.255 e. The van der Waals surface area contributed by atoms with Crippen molar-refractivity contribution in [3.05, 3.63) is 22.7 Å². The predicted octanol–water partition coefficient (Wildman–Crippen LogP) is 1.85. The van der Waals surface area contributed by atoms with Crippen LogP contribution in [0.3, 0.4) is 0 Å². The number of ether oxygens (including phenoxy) is 1. The second-order valence-electron chi connectivity index (χ2n) is 4.78. The van der Waals surface area contributed by atoms with Gasteiger partial charge in [-0.2, -0.15) is 0 Å². The highest BCUT2D eigenvalue weighted by Crippen LogP contribution is 2.28. The van der Waals surface area contributed by atoms with Gasteiger partial charge in [0.15, 0.2) is 0 Å². The Bertz CT molecular complexity index is 536. The molecule has 0 aliphatic heterocycles. The number of carbonyl (C=O) groups excluding carboxylic acids is 2. The molecule has 0 fully saturated rings. The molecule has 0 bridgehead atoms. The number of rotatable bonds is 6. The van der Waals surface area contributed by atoms with Crippen LogP contribution in [0, 0.1) is 5.92 Å². The molecular weight excluding hydrogens is 329 g/mol. The number of carbonyl (C=O) groups is 2. The molecule has 0 radical (unpaired) electrons. The zero-order chi connectivity index (χ0) is 16.0. The number of benzene rings is 1. The lowest BCUT2D eigenvalue weighted by Crippen LogP contribution is -2.36. The maximum atomic E-state index is 12.1. The van der Waals surface area contributed by atoms with Crippen molar-refractivity contribution in [2.75, 3.05) is 25.9 Å². The number of anilines is 1. The van der Waals surface area contributed by atoms with Gasteiger partial charge in [-0.1, -0.05) is 25.4 Å². The number of nitrogen functional groups attached to an aromatic ring is 1. The Morgan fingerprint density at radius 1 is 1.27 bits per heavy atom. The summed E-state index contributed by atoms with van der Waals surface area (Å²) in [6.45, 7) is 4.26. The van der Waals surface area contributed by atoms with Crippen molar-refractivity contribution in [3.63, 3.8) is 0 Å². The van der Waals surface area contributed by atoms with Crippen molar-refractivity contribution in [3.8, 4) is 5.75 Å². The topological polar surface area (TPSA) is 93.4 Å². The summed E-state index contributed by atoms with van der Waals surface area (Å²) >= 11 is 5.91. The Kier molecular flexibility index (Phi) is 8.67. The molecular formula is C14H21Cl2N3O3. The SMILES string of the molecule is COc1cc(N)c(Cl)cc1C(=O)NCCNC(=O)C(C)C.Cl. The van der Waals surface area contributed by atoms with E-state index in [1.807, 2.05) is 0 Å². The summed E-state index contributed by atoms with van der Waals surface area (Å²) < 4.78 is 5.11. The third-order valence-electron chi connectivity index (χ3n) is 2.80. The molecule has 124 valence electrons. The number of nitrogens with one attached hydrogen (secondary N) is 2. The van der Waals surface area contributed by atoms with Gasteiger partial charge in [-0.3, -0.25) is 9.59 Å². The molecule has 0 aliphatic rings. The van der Waals surface area contributed by atoms with Gasteiger partial charge in [0.2, 0.25) is 5.91 Å². The van der Waals surface area contributed by atoms with Crippen LogP contribution < -0.4 is 21.1 Å². The van der Waals surface area contributed by atoms with Crippen molar-refractivity contribution in [2.24, 2.45) is 5.92 Å². The molecule has 4 N–H and O–H groups in total. The van der Waals surface area contributed by atoms with Gasteiger partial charge in [-0.15, -0.1) is 12.4 Å². The fourth-order valence-corrected chi connectivity index (χ4v) is 1.74. The fraction of sp³-hybridized carbons (Fsp3) is 0.429. The molecule has 1 aromatic carbocycles. The number of hydrogen-bond acceptors (Lipinski definition) is 4. The Morgan fingerprint density at radius 2 is 1.86 bits per heavy atom. The maximum absolute atomic E-state index is 12.1. The summed E-state index contributed by atoms with van der Waals surface area (Å²) in [5.74, 6) is -0.137. The summed E-state index contributed by atoms with van der Waals surface area (Å²) in [7, 11) is 1.45. The van der Waals surface area contributed by atoms with Crippen LogP contribution in [0.4, 0.5) is 5.69 Å². The van der Waals surface area contributed by atoms with E-state index in [1.165, 1.54) is 19.2 Å². The van der Waals surface area contributed by atoms with Crippen LogP contribution >= 0.6 is 24.0 Å². The van der Waals surface area contributed by atoms with Gasteiger partial charge in [-0.05, 0) is 6.07 Å². The lowest BCUT2D eigenvalue weighted by atomic mass is 10.1. The van der Waals surface area contributed by atoms with Crippen molar-refractivity contribution in [1.82, 2.24) is 10.6 Å². The summed E-state index contributed by atoms with van der Waals surface area (Å²) in [4.78, 5) is 23.4. The van der Waals surface area contributed by atoms with E-state index in [0.717, 1.165) is 0 Å². The highest BCUT2D eigenvalue weighted by molar-refractivity contribution is 6.33. The third-order valence-corrected chi connectivity index (χ3v) is 3.12. The monoisotopic (exact) mass is 349 g/mol. The molecule has 0 unspecified atom stereocenters. The van der Waals surface area contributed by atoms with Crippen molar-refractivity contribution in [2.45, 2.75) is 13.8 Å². The number of methoxy groups -OCH3 is 1.